The molecule has 1 amide bonds. The molecule has 172 valence electrons. The Hall–Kier alpha value is -3.07. The summed E-state index contributed by atoms with van der Waals surface area (Å²) in [4.78, 5) is 10.6. The van der Waals surface area contributed by atoms with Gasteiger partial charge in [-0.25, -0.2) is 0 Å². The van der Waals surface area contributed by atoms with Gasteiger partial charge in [-0.3, -0.25) is 4.79 Å². The molecule has 0 radical (unpaired) electrons. The van der Waals surface area contributed by atoms with E-state index < -0.39 is 0 Å². The van der Waals surface area contributed by atoms with E-state index in [0.717, 1.165) is 41.1 Å². The van der Waals surface area contributed by atoms with E-state index in [0.29, 0.717) is 6.04 Å². The third-order valence-corrected chi connectivity index (χ3v) is 4.72. The summed E-state index contributed by atoms with van der Waals surface area (Å²) in [6.45, 7) is 8.01. The molecule has 2 aromatic carbocycles. The maximum Gasteiger partial charge on any atom is 0.204 e. The number of nitrogens with zero attached hydrogens (tertiary/aromatic N) is 2. The molecular formula is C26H35ClN4O. The van der Waals surface area contributed by atoms with Crippen molar-refractivity contribution in [2.24, 2.45) is 5.73 Å². The van der Waals surface area contributed by atoms with Crippen LogP contribution in [-0.4, -0.2) is 38.5 Å². The lowest BCUT2D eigenvalue weighted by Gasteiger charge is -2.24. The van der Waals surface area contributed by atoms with Crippen molar-refractivity contribution < 1.29 is 4.79 Å². The third kappa shape index (κ3) is 11.4. The van der Waals surface area contributed by atoms with Crippen molar-refractivity contribution in [3.8, 4) is 6.07 Å². The number of nitrogens with two attached hydrogens (primary N) is 1. The summed E-state index contributed by atoms with van der Waals surface area (Å²) < 4.78 is 0. The summed E-state index contributed by atoms with van der Waals surface area (Å²) in [6.07, 6.45) is 5.62. The fraction of sp³-hybridized carbons (Fsp3) is 0.308. The van der Waals surface area contributed by atoms with Gasteiger partial charge in [0.1, 0.15) is 0 Å². The highest BCUT2D eigenvalue weighted by Gasteiger charge is 2.15. The summed E-state index contributed by atoms with van der Waals surface area (Å²) in [6, 6.07) is 16.6. The Labute approximate surface area is 198 Å². The molecule has 0 aromatic heterocycles. The van der Waals surface area contributed by atoms with Crippen molar-refractivity contribution in [3.05, 3.63) is 83.4 Å². The maximum absolute atomic E-state index is 9.02. The van der Waals surface area contributed by atoms with Gasteiger partial charge in [0.15, 0.2) is 0 Å². The largest absolute Gasteiger partial charge is 0.382 e. The van der Waals surface area contributed by atoms with E-state index >= 15 is 0 Å². The van der Waals surface area contributed by atoms with Crippen LogP contribution in [0.4, 0.5) is 5.69 Å². The molecule has 1 aliphatic carbocycles. The number of amides is 1. The normalized spacial score (nSPS) is 14.0. The zero-order valence-corrected chi connectivity index (χ0v) is 20.3. The summed E-state index contributed by atoms with van der Waals surface area (Å²) in [5, 5.41) is 13.4. The van der Waals surface area contributed by atoms with Crippen LogP contribution in [0.2, 0.25) is 5.02 Å². The van der Waals surface area contributed by atoms with Crippen LogP contribution in [0.15, 0.2) is 61.7 Å². The van der Waals surface area contributed by atoms with Gasteiger partial charge in [0.25, 0.3) is 0 Å². The highest BCUT2D eigenvalue weighted by molar-refractivity contribution is 6.31. The first-order valence-electron chi connectivity index (χ1n) is 10.3. The van der Waals surface area contributed by atoms with Gasteiger partial charge in [0, 0.05) is 16.8 Å². The number of allylic oxidation sites excluding steroid dienone is 1. The molecule has 0 fully saturated rings. The van der Waals surface area contributed by atoms with Crippen LogP contribution in [0.3, 0.4) is 0 Å². The molecule has 0 heterocycles. The van der Waals surface area contributed by atoms with Crippen molar-refractivity contribution >= 4 is 29.3 Å². The van der Waals surface area contributed by atoms with Crippen molar-refractivity contribution in [2.75, 3.05) is 26.5 Å². The average molecular weight is 455 g/mol. The monoisotopic (exact) mass is 454 g/mol. The van der Waals surface area contributed by atoms with E-state index in [9.17, 15) is 0 Å². The van der Waals surface area contributed by atoms with Gasteiger partial charge in [-0.15, -0.1) is 13.2 Å². The van der Waals surface area contributed by atoms with E-state index in [2.05, 4.69) is 48.5 Å². The Kier molecular flexibility index (Phi) is 15.0. The topological polar surface area (TPSA) is 82.2 Å². The quantitative estimate of drug-likeness (QED) is 0.463. The molecule has 0 saturated carbocycles. The number of anilines is 1. The Bertz CT molecular complexity index is 900. The summed E-state index contributed by atoms with van der Waals surface area (Å²) in [5.41, 5.74) is 9.57. The number of rotatable bonds is 3. The highest BCUT2D eigenvalue weighted by Crippen LogP contribution is 2.29. The number of hydrogen-bond donors (Lipinski definition) is 2. The van der Waals surface area contributed by atoms with Crippen LogP contribution in [0.1, 0.15) is 36.0 Å². The summed E-state index contributed by atoms with van der Waals surface area (Å²) >= 11 is 6.19. The molecule has 5 nitrogen and oxygen atoms in total. The predicted octanol–water partition coefficient (Wildman–Crippen LogP) is 5.65. The lowest BCUT2D eigenvalue weighted by Crippen LogP contribution is -2.21. The first-order chi connectivity index (χ1) is 15.3. The Morgan fingerprint density at radius 2 is 1.84 bits per heavy atom. The van der Waals surface area contributed by atoms with E-state index in [1.165, 1.54) is 11.1 Å². The van der Waals surface area contributed by atoms with E-state index in [1.54, 1.807) is 0 Å². The van der Waals surface area contributed by atoms with Gasteiger partial charge in [0.05, 0.1) is 11.6 Å². The molecule has 32 heavy (non-hydrogen) atoms. The zero-order chi connectivity index (χ0) is 24.5. The number of carbonyl (C=O) groups is 1. The van der Waals surface area contributed by atoms with Crippen LogP contribution >= 0.6 is 11.6 Å². The second-order valence-corrected chi connectivity index (χ2v) is 7.89. The summed E-state index contributed by atoms with van der Waals surface area (Å²) in [7, 11) is 6.00. The number of nitriles is 1. The van der Waals surface area contributed by atoms with Crippen LogP contribution < -0.4 is 11.1 Å². The Morgan fingerprint density at radius 3 is 2.34 bits per heavy atom. The highest BCUT2D eigenvalue weighted by atomic mass is 35.5. The lowest BCUT2D eigenvalue weighted by molar-refractivity contribution is -0.106. The minimum Gasteiger partial charge on any atom is -0.382 e. The van der Waals surface area contributed by atoms with Gasteiger partial charge in [0.2, 0.25) is 6.41 Å². The Balaban J connectivity index is 0.000000926. The SMILES string of the molecule is C=C.CN(C)C.Cc1ccc(NC2CC=C(c3cccc(C#N)c3)CC2)cc1Cl.NC=O. The van der Waals surface area contributed by atoms with Gasteiger partial charge < -0.3 is 16.0 Å². The molecule has 0 saturated heterocycles. The van der Waals surface area contributed by atoms with Crippen LogP contribution in [0.25, 0.3) is 5.57 Å². The molecule has 0 aliphatic heterocycles. The first-order valence-corrected chi connectivity index (χ1v) is 10.7. The summed E-state index contributed by atoms with van der Waals surface area (Å²) in [5.74, 6) is 0. The van der Waals surface area contributed by atoms with Gasteiger partial charge in [-0.2, -0.15) is 5.26 Å². The van der Waals surface area contributed by atoms with Gasteiger partial charge >= 0.3 is 0 Å². The minimum absolute atomic E-state index is 0.250. The molecule has 1 unspecified atom stereocenters. The zero-order valence-electron chi connectivity index (χ0n) is 19.6. The van der Waals surface area contributed by atoms with Gasteiger partial charge in [-0.1, -0.05) is 35.9 Å². The van der Waals surface area contributed by atoms with Crippen LogP contribution in [-0.2, 0) is 4.79 Å². The maximum atomic E-state index is 9.02. The second kappa shape index (κ2) is 16.6. The van der Waals surface area contributed by atoms with Crippen LogP contribution in [0, 0.1) is 18.3 Å². The van der Waals surface area contributed by atoms with Crippen LogP contribution in [0.5, 0.6) is 0 Å². The molecule has 0 spiro atoms. The van der Waals surface area contributed by atoms with Crippen molar-refractivity contribution in [1.82, 2.24) is 4.90 Å². The third-order valence-electron chi connectivity index (χ3n) is 4.32. The van der Waals surface area contributed by atoms with E-state index in [4.69, 9.17) is 21.7 Å². The number of carbonyl (C=O) groups excluding carboxylic acids is 1. The molecule has 3 rings (SSSR count). The molecule has 0 bridgehead atoms. The van der Waals surface area contributed by atoms with E-state index in [-0.39, 0.29) is 6.41 Å². The molecule has 2 aromatic rings. The minimum atomic E-state index is 0.250. The number of nitrogens with one attached hydrogen (secondary N) is 1. The fourth-order valence-electron chi connectivity index (χ4n) is 2.93. The number of halogens is 1. The smallest absolute Gasteiger partial charge is 0.204 e. The lowest BCUT2D eigenvalue weighted by atomic mass is 9.90. The molecule has 1 atom stereocenters. The van der Waals surface area contributed by atoms with Crippen molar-refractivity contribution in [1.29, 1.82) is 5.26 Å². The van der Waals surface area contributed by atoms with Crippen molar-refractivity contribution in [3.63, 3.8) is 0 Å². The number of aryl methyl sites for hydroxylation is 1. The fourth-order valence-corrected chi connectivity index (χ4v) is 3.11. The number of hydrogen-bond acceptors (Lipinski definition) is 4. The molecule has 1 aliphatic rings. The molecule has 3 N–H and O–H groups in total. The second-order valence-electron chi connectivity index (χ2n) is 7.48. The number of primary amides is 1. The standard InChI is InChI=1S/C20H19ClN2.C3H9N.C2H4.CH3NO/c1-14-5-8-19(12-20(14)21)23-18-9-6-16(7-10-18)17-4-2-3-15(11-17)13-22;1-4(2)3;1-2;2-1-3/h2-6,8,11-12,18,23H,7,9-10H2,1H3;1-3H3;1-2H2;1H,(H2,2,3). The van der Waals surface area contributed by atoms with Gasteiger partial charge in [-0.05, 0) is 88.3 Å². The Morgan fingerprint density at radius 1 is 1.22 bits per heavy atom. The molecular weight excluding hydrogens is 420 g/mol. The van der Waals surface area contributed by atoms with E-state index in [1.807, 2.05) is 63.3 Å². The first kappa shape index (κ1) is 28.9. The molecule has 6 heteroatoms. The van der Waals surface area contributed by atoms with Crippen molar-refractivity contribution in [2.45, 2.75) is 32.2 Å². The number of benzene rings is 2. The average Bonchev–Trinajstić information content (AvgIpc) is 2.78. The predicted molar refractivity (Wildman–Crippen MR) is 138 cm³/mol.